The van der Waals surface area contributed by atoms with Gasteiger partial charge in [0.15, 0.2) is 17.5 Å². The minimum atomic E-state index is -0.353. The molecular weight excluding hydrogens is 755 g/mol. The minimum absolute atomic E-state index is 0.353. The molecule has 2 aliphatic rings. The third-order valence-corrected chi connectivity index (χ3v) is 13.0. The highest BCUT2D eigenvalue weighted by Crippen LogP contribution is 2.63. The molecule has 0 amide bonds. The zero-order valence-corrected chi connectivity index (χ0v) is 33.5. The van der Waals surface area contributed by atoms with Gasteiger partial charge in [0.05, 0.1) is 5.41 Å². The van der Waals surface area contributed by atoms with Crippen molar-refractivity contribution in [2.45, 2.75) is 5.41 Å². The Morgan fingerprint density at radius 1 is 0.290 bits per heavy atom. The van der Waals surface area contributed by atoms with Crippen molar-refractivity contribution in [1.82, 2.24) is 15.0 Å². The molecule has 288 valence electrons. The Labute approximate surface area is 358 Å². The van der Waals surface area contributed by atoms with Crippen molar-refractivity contribution in [2.24, 2.45) is 0 Å². The number of hydrogen-bond acceptors (Lipinski definition) is 4. The van der Waals surface area contributed by atoms with Crippen LogP contribution in [0.25, 0.3) is 101 Å². The first-order valence-corrected chi connectivity index (χ1v) is 21.1. The van der Waals surface area contributed by atoms with Crippen LogP contribution in [0, 0.1) is 0 Å². The Morgan fingerprint density at radius 3 is 1.44 bits per heavy atom. The zero-order chi connectivity index (χ0) is 40.8. The fraction of sp³-hybridized carbons (Fsp3) is 0.0172. The molecule has 1 spiro atoms. The summed E-state index contributed by atoms with van der Waals surface area (Å²) < 4.78 is 6.26. The second-order valence-corrected chi connectivity index (χ2v) is 16.3. The van der Waals surface area contributed by atoms with Crippen LogP contribution >= 0.6 is 0 Å². The lowest BCUT2D eigenvalue weighted by Crippen LogP contribution is -2.25. The van der Waals surface area contributed by atoms with Crippen molar-refractivity contribution < 1.29 is 4.42 Å². The molecule has 0 aliphatic heterocycles. The number of rotatable bonds is 5. The summed E-state index contributed by atoms with van der Waals surface area (Å²) in [7, 11) is 0. The average Bonchev–Trinajstić information content (AvgIpc) is 3.98. The third-order valence-electron chi connectivity index (χ3n) is 13.0. The van der Waals surface area contributed by atoms with Gasteiger partial charge in [0, 0.05) is 27.5 Å². The van der Waals surface area contributed by atoms with Gasteiger partial charge in [-0.15, -0.1) is 0 Å². The van der Waals surface area contributed by atoms with Crippen molar-refractivity contribution in [3.63, 3.8) is 0 Å². The van der Waals surface area contributed by atoms with E-state index in [1.807, 2.05) is 60.7 Å². The van der Waals surface area contributed by atoms with Crippen LogP contribution in [0.3, 0.4) is 0 Å². The summed E-state index contributed by atoms with van der Waals surface area (Å²) >= 11 is 0. The summed E-state index contributed by atoms with van der Waals surface area (Å²) in [5, 5.41) is 2.03. The summed E-state index contributed by atoms with van der Waals surface area (Å²) in [6.07, 6.45) is 0. The summed E-state index contributed by atoms with van der Waals surface area (Å²) in [6, 6.07) is 75.7. The topological polar surface area (TPSA) is 51.8 Å². The lowest BCUT2D eigenvalue weighted by Gasteiger charge is -2.30. The number of aromatic nitrogens is 3. The first-order chi connectivity index (χ1) is 30.7. The molecule has 11 aromatic rings. The van der Waals surface area contributed by atoms with E-state index in [-0.39, 0.29) is 5.41 Å². The molecule has 9 aromatic carbocycles. The van der Waals surface area contributed by atoms with E-state index >= 15 is 0 Å². The quantitative estimate of drug-likeness (QED) is 0.174. The smallest absolute Gasteiger partial charge is 0.164 e. The Hall–Kier alpha value is -8.21. The van der Waals surface area contributed by atoms with Crippen LogP contribution in [0.15, 0.2) is 217 Å². The maximum atomic E-state index is 6.26. The molecule has 0 fully saturated rings. The lowest BCUT2D eigenvalue weighted by molar-refractivity contribution is 0.669. The van der Waals surface area contributed by atoms with Gasteiger partial charge in [0.1, 0.15) is 11.2 Å². The molecule has 2 heterocycles. The Kier molecular flexibility index (Phi) is 7.49. The predicted molar refractivity (Wildman–Crippen MR) is 251 cm³/mol. The maximum absolute atomic E-state index is 6.26. The minimum Gasteiger partial charge on any atom is -0.456 e. The number of furan rings is 1. The van der Waals surface area contributed by atoms with Gasteiger partial charge < -0.3 is 4.42 Å². The third kappa shape index (κ3) is 5.04. The number of hydrogen-bond donors (Lipinski definition) is 0. The van der Waals surface area contributed by atoms with Gasteiger partial charge >= 0.3 is 0 Å². The van der Waals surface area contributed by atoms with Gasteiger partial charge in [-0.25, -0.2) is 15.0 Å². The van der Waals surface area contributed by atoms with E-state index in [1.54, 1.807) is 0 Å². The Morgan fingerprint density at radius 2 is 0.742 bits per heavy atom. The van der Waals surface area contributed by atoms with Crippen LogP contribution in [0.1, 0.15) is 22.3 Å². The van der Waals surface area contributed by atoms with Gasteiger partial charge in [-0.3, -0.25) is 0 Å². The molecule has 0 saturated carbocycles. The van der Waals surface area contributed by atoms with Crippen molar-refractivity contribution in [1.29, 1.82) is 0 Å². The van der Waals surface area contributed by atoms with E-state index in [1.165, 1.54) is 50.1 Å². The highest BCUT2D eigenvalue weighted by Gasteiger charge is 2.51. The van der Waals surface area contributed by atoms with Gasteiger partial charge in [0.25, 0.3) is 0 Å². The van der Waals surface area contributed by atoms with Crippen molar-refractivity contribution in [3.8, 4) is 78.7 Å². The van der Waals surface area contributed by atoms with E-state index in [9.17, 15) is 0 Å². The van der Waals surface area contributed by atoms with Crippen LogP contribution in [-0.2, 0) is 5.41 Å². The van der Waals surface area contributed by atoms with Crippen molar-refractivity contribution >= 4 is 21.9 Å². The number of nitrogens with zero attached hydrogens (tertiary/aromatic N) is 3. The summed E-state index contributed by atoms with van der Waals surface area (Å²) in [4.78, 5) is 15.4. The van der Waals surface area contributed by atoms with Gasteiger partial charge in [-0.2, -0.15) is 0 Å². The van der Waals surface area contributed by atoms with Crippen molar-refractivity contribution in [3.05, 3.63) is 235 Å². The van der Waals surface area contributed by atoms with Crippen LogP contribution in [0.5, 0.6) is 0 Å². The Balaban J connectivity index is 0.918. The largest absolute Gasteiger partial charge is 0.456 e. The first-order valence-electron chi connectivity index (χ1n) is 21.1. The molecule has 2 aliphatic carbocycles. The molecule has 0 N–H and O–H groups in total. The van der Waals surface area contributed by atoms with E-state index in [0.29, 0.717) is 17.5 Å². The molecule has 4 heteroatoms. The van der Waals surface area contributed by atoms with E-state index < -0.39 is 0 Å². The fourth-order valence-electron chi connectivity index (χ4n) is 10.3. The van der Waals surface area contributed by atoms with Gasteiger partial charge in [0.2, 0.25) is 0 Å². The molecule has 4 nitrogen and oxygen atoms in total. The molecule has 0 radical (unpaired) electrons. The number of fused-ring (bicyclic) bond motifs is 13. The molecular formula is C58H35N3O. The monoisotopic (exact) mass is 789 g/mol. The van der Waals surface area contributed by atoms with Crippen LogP contribution in [-0.4, -0.2) is 15.0 Å². The summed E-state index contributed by atoms with van der Waals surface area (Å²) in [6.45, 7) is 0. The first kappa shape index (κ1) is 34.6. The predicted octanol–water partition coefficient (Wildman–Crippen LogP) is 14.4. The van der Waals surface area contributed by atoms with Gasteiger partial charge in [-0.1, -0.05) is 182 Å². The van der Waals surface area contributed by atoms with E-state index in [4.69, 9.17) is 19.4 Å². The normalized spacial score (nSPS) is 13.0. The fourth-order valence-corrected chi connectivity index (χ4v) is 10.3. The molecule has 13 rings (SSSR count). The zero-order valence-electron chi connectivity index (χ0n) is 33.5. The van der Waals surface area contributed by atoms with Crippen molar-refractivity contribution in [2.75, 3.05) is 0 Å². The highest BCUT2D eigenvalue weighted by atomic mass is 16.3. The van der Waals surface area contributed by atoms with Crippen LogP contribution in [0.4, 0.5) is 0 Å². The second kappa shape index (κ2) is 13.4. The molecule has 0 atom stereocenters. The SMILES string of the molecule is c1ccc(-c2nc(-c3cccc(-c4cccc(-c5ccc6c(c5)-c5ccccc5C65c6ccccc6-c6ccccc65)c4)c3)nc(-c3cccc4oc5ccccc5c34)n2)cc1. The molecule has 62 heavy (non-hydrogen) atoms. The number of para-hydroxylation sites is 1. The van der Waals surface area contributed by atoms with Crippen LogP contribution < -0.4 is 0 Å². The van der Waals surface area contributed by atoms with E-state index in [2.05, 4.69) is 152 Å². The number of benzene rings is 9. The molecule has 0 saturated heterocycles. The molecule has 0 bridgehead atoms. The molecule has 0 unspecified atom stereocenters. The standard InChI is InChI=1S/C58H35N3O/c1-2-15-36(16-3-1)55-59-56(61-57(60-55)46-25-14-30-53-54(46)45-24-7-11-29-52(45)62-53)41-20-13-19-39(34-41)37-17-12-18-38(33-37)40-31-32-51-47(35-40)44-23-6-10-28-50(44)58(51)48-26-8-4-21-42(48)43-22-5-9-27-49(43)58/h1-35H. The Bertz CT molecular complexity index is 3560. The lowest BCUT2D eigenvalue weighted by atomic mass is 9.70. The van der Waals surface area contributed by atoms with E-state index in [0.717, 1.165) is 55.3 Å². The van der Waals surface area contributed by atoms with Gasteiger partial charge in [-0.05, 0) is 97.1 Å². The molecule has 2 aromatic heterocycles. The maximum Gasteiger partial charge on any atom is 0.164 e. The summed E-state index contributed by atoms with van der Waals surface area (Å²) in [5.74, 6) is 1.83. The highest BCUT2D eigenvalue weighted by molar-refractivity contribution is 6.11. The average molecular weight is 790 g/mol. The summed E-state index contributed by atoms with van der Waals surface area (Å²) in [5.41, 5.74) is 19.2. The second-order valence-electron chi connectivity index (χ2n) is 16.3. The van der Waals surface area contributed by atoms with Crippen LogP contribution in [0.2, 0.25) is 0 Å².